The first-order valence-corrected chi connectivity index (χ1v) is 10.7. The smallest absolute Gasteiger partial charge is 0.228 e. The van der Waals surface area contributed by atoms with Gasteiger partial charge in [0.2, 0.25) is 11.3 Å². The van der Waals surface area contributed by atoms with Crippen molar-refractivity contribution in [1.82, 2.24) is 14.8 Å². The van der Waals surface area contributed by atoms with Gasteiger partial charge in [-0.25, -0.2) is 4.98 Å². The molecule has 0 fully saturated rings. The van der Waals surface area contributed by atoms with E-state index in [2.05, 4.69) is 15.4 Å². The molecule has 1 amide bonds. The molecule has 0 saturated heterocycles. The standard InChI is InChI=1S/C21H16Cl2N4O2S/c22-16-6-3-4-13(20(16)23)10-14-11-24-21(30-14)26-19(29)8-9-27-17-7-2-1-5-15(17)18(28)12-25-27/h1-7,11-12H,8-10H2,(H,24,26,29). The zero-order chi connectivity index (χ0) is 21.1. The van der Waals surface area contributed by atoms with Crippen molar-refractivity contribution in [2.75, 3.05) is 5.32 Å². The summed E-state index contributed by atoms with van der Waals surface area (Å²) in [4.78, 5) is 29.5. The molecule has 4 aromatic rings. The minimum atomic E-state index is -0.179. The SMILES string of the molecule is O=C(CCn1ncc(=O)c2ccccc21)Nc1ncc(Cc2cccc(Cl)c2Cl)s1. The van der Waals surface area contributed by atoms with Gasteiger partial charge in [-0.2, -0.15) is 5.10 Å². The highest BCUT2D eigenvalue weighted by molar-refractivity contribution is 7.15. The van der Waals surface area contributed by atoms with Gasteiger partial charge >= 0.3 is 0 Å². The van der Waals surface area contributed by atoms with Gasteiger partial charge in [-0.3, -0.25) is 14.3 Å². The third-order valence-electron chi connectivity index (χ3n) is 4.51. The van der Waals surface area contributed by atoms with Gasteiger partial charge in [0.25, 0.3) is 0 Å². The van der Waals surface area contributed by atoms with Gasteiger partial charge < -0.3 is 5.32 Å². The molecule has 0 unspecified atom stereocenters. The Kier molecular flexibility index (Phi) is 6.13. The minimum Gasteiger partial charge on any atom is -0.302 e. The maximum atomic E-state index is 12.4. The van der Waals surface area contributed by atoms with Crippen molar-refractivity contribution in [1.29, 1.82) is 0 Å². The average Bonchev–Trinajstić information content (AvgIpc) is 3.18. The van der Waals surface area contributed by atoms with E-state index in [1.807, 2.05) is 24.3 Å². The highest BCUT2D eigenvalue weighted by atomic mass is 35.5. The lowest BCUT2D eigenvalue weighted by Crippen LogP contribution is -2.17. The Hall–Kier alpha value is -2.74. The van der Waals surface area contributed by atoms with Crippen LogP contribution >= 0.6 is 34.5 Å². The number of halogens is 2. The Bertz CT molecular complexity index is 1290. The van der Waals surface area contributed by atoms with Crippen LogP contribution in [0.4, 0.5) is 5.13 Å². The molecule has 0 atom stereocenters. The molecule has 2 aromatic heterocycles. The average molecular weight is 459 g/mol. The quantitative estimate of drug-likeness (QED) is 0.450. The number of carbonyl (C=O) groups excluding carboxylic acids is 1. The van der Waals surface area contributed by atoms with Crippen LogP contribution in [0.1, 0.15) is 16.9 Å². The first-order chi connectivity index (χ1) is 14.5. The predicted octanol–water partition coefficient (Wildman–Crippen LogP) is 4.78. The highest BCUT2D eigenvalue weighted by Crippen LogP contribution is 2.29. The topological polar surface area (TPSA) is 76.9 Å². The molecule has 0 spiro atoms. The third kappa shape index (κ3) is 4.53. The maximum absolute atomic E-state index is 12.4. The number of aromatic nitrogens is 3. The zero-order valence-electron chi connectivity index (χ0n) is 15.6. The van der Waals surface area contributed by atoms with Crippen LogP contribution in [-0.2, 0) is 17.8 Å². The Morgan fingerprint density at radius 3 is 2.80 bits per heavy atom. The molecule has 9 heteroatoms. The molecule has 0 aliphatic rings. The van der Waals surface area contributed by atoms with Gasteiger partial charge in [-0.1, -0.05) is 47.5 Å². The minimum absolute atomic E-state index is 0.138. The molecule has 0 saturated carbocycles. The van der Waals surface area contributed by atoms with Crippen LogP contribution in [0.15, 0.2) is 59.7 Å². The van der Waals surface area contributed by atoms with Crippen molar-refractivity contribution in [3.05, 3.63) is 85.6 Å². The first-order valence-electron chi connectivity index (χ1n) is 9.13. The first kappa shape index (κ1) is 20.5. The second-order valence-electron chi connectivity index (χ2n) is 6.57. The number of fused-ring (bicyclic) bond motifs is 1. The van der Waals surface area contributed by atoms with E-state index in [1.165, 1.54) is 17.5 Å². The zero-order valence-corrected chi connectivity index (χ0v) is 18.0. The fourth-order valence-corrected chi connectivity index (χ4v) is 4.29. The third-order valence-corrected chi connectivity index (χ3v) is 6.28. The van der Waals surface area contributed by atoms with Crippen LogP contribution in [0.5, 0.6) is 0 Å². The number of hydrogen-bond donors (Lipinski definition) is 1. The van der Waals surface area contributed by atoms with Crippen LogP contribution in [-0.4, -0.2) is 20.7 Å². The Balaban J connectivity index is 1.39. The summed E-state index contributed by atoms with van der Waals surface area (Å²) in [5, 5.41) is 9.09. The van der Waals surface area contributed by atoms with Gasteiger partial charge in [-0.05, 0) is 23.8 Å². The lowest BCUT2D eigenvalue weighted by Gasteiger charge is -2.08. The molecular formula is C21H16Cl2N4O2S. The Morgan fingerprint density at radius 2 is 1.93 bits per heavy atom. The number of thiazole rings is 1. The number of amides is 1. The van der Waals surface area contributed by atoms with E-state index in [1.54, 1.807) is 29.1 Å². The van der Waals surface area contributed by atoms with Crippen LogP contribution < -0.4 is 10.7 Å². The van der Waals surface area contributed by atoms with Crippen molar-refractivity contribution in [2.45, 2.75) is 19.4 Å². The largest absolute Gasteiger partial charge is 0.302 e. The van der Waals surface area contributed by atoms with E-state index < -0.39 is 0 Å². The molecule has 0 radical (unpaired) electrons. The molecule has 4 rings (SSSR count). The number of nitrogens with one attached hydrogen (secondary N) is 1. The van der Waals surface area contributed by atoms with Crippen LogP contribution in [0.2, 0.25) is 10.0 Å². The molecule has 6 nitrogen and oxygen atoms in total. The van der Waals surface area contributed by atoms with Crippen molar-refractivity contribution >= 4 is 56.5 Å². The lowest BCUT2D eigenvalue weighted by atomic mass is 10.1. The number of rotatable bonds is 6. The molecule has 2 heterocycles. The summed E-state index contributed by atoms with van der Waals surface area (Å²) in [7, 11) is 0. The van der Waals surface area contributed by atoms with E-state index in [4.69, 9.17) is 23.2 Å². The second kappa shape index (κ2) is 8.95. The normalized spacial score (nSPS) is 11.0. The lowest BCUT2D eigenvalue weighted by molar-refractivity contribution is -0.116. The number of anilines is 1. The molecule has 2 aromatic carbocycles. The second-order valence-corrected chi connectivity index (χ2v) is 8.47. The summed E-state index contributed by atoms with van der Waals surface area (Å²) in [6, 6.07) is 12.7. The number of aryl methyl sites for hydroxylation is 1. The molecule has 1 N–H and O–H groups in total. The number of nitrogens with zero attached hydrogens (tertiary/aromatic N) is 3. The van der Waals surface area contributed by atoms with Crippen LogP contribution in [0.3, 0.4) is 0 Å². The van der Waals surface area contributed by atoms with Gasteiger partial charge in [0, 0.05) is 29.3 Å². The van der Waals surface area contributed by atoms with Gasteiger partial charge in [0.05, 0.1) is 28.3 Å². The van der Waals surface area contributed by atoms with Crippen molar-refractivity contribution in [3.63, 3.8) is 0 Å². The van der Waals surface area contributed by atoms with E-state index in [0.717, 1.165) is 10.4 Å². The predicted molar refractivity (Wildman–Crippen MR) is 121 cm³/mol. The maximum Gasteiger partial charge on any atom is 0.228 e. The van der Waals surface area contributed by atoms with Crippen LogP contribution in [0.25, 0.3) is 10.9 Å². The van der Waals surface area contributed by atoms with Crippen molar-refractivity contribution in [3.8, 4) is 0 Å². The molecule has 152 valence electrons. The van der Waals surface area contributed by atoms with E-state index in [9.17, 15) is 9.59 Å². The van der Waals surface area contributed by atoms with Gasteiger partial charge in [0.15, 0.2) is 5.13 Å². The molecular weight excluding hydrogens is 443 g/mol. The molecule has 0 aliphatic carbocycles. The van der Waals surface area contributed by atoms with Gasteiger partial charge in [0.1, 0.15) is 0 Å². The summed E-state index contributed by atoms with van der Waals surface area (Å²) in [5.74, 6) is -0.179. The molecule has 0 aliphatic heterocycles. The van der Waals surface area contributed by atoms with E-state index in [-0.39, 0.29) is 17.8 Å². The van der Waals surface area contributed by atoms with E-state index >= 15 is 0 Å². The summed E-state index contributed by atoms with van der Waals surface area (Å²) >= 11 is 13.7. The van der Waals surface area contributed by atoms with Crippen LogP contribution in [0, 0.1) is 0 Å². The summed E-state index contributed by atoms with van der Waals surface area (Å²) in [6.07, 6.45) is 3.78. The number of benzene rings is 2. The monoisotopic (exact) mass is 458 g/mol. The molecule has 0 bridgehead atoms. The Labute approximate surface area is 186 Å². The summed E-state index contributed by atoms with van der Waals surface area (Å²) in [5.41, 5.74) is 1.47. The molecule has 30 heavy (non-hydrogen) atoms. The highest BCUT2D eigenvalue weighted by Gasteiger charge is 2.11. The Morgan fingerprint density at radius 1 is 1.10 bits per heavy atom. The van der Waals surface area contributed by atoms with Crippen molar-refractivity contribution < 1.29 is 4.79 Å². The summed E-state index contributed by atoms with van der Waals surface area (Å²) in [6.45, 7) is 0.350. The van der Waals surface area contributed by atoms with Gasteiger partial charge in [-0.15, -0.1) is 11.3 Å². The number of hydrogen-bond acceptors (Lipinski definition) is 5. The summed E-state index contributed by atoms with van der Waals surface area (Å²) < 4.78 is 1.66. The fraction of sp³-hybridized carbons (Fsp3) is 0.143. The van der Waals surface area contributed by atoms with Crippen molar-refractivity contribution in [2.24, 2.45) is 0 Å². The number of carbonyl (C=O) groups is 1. The van der Waals surface area contributed by atoms with E-state index in [0.29, 0.717) is 39.0 Å². The number of para-hydroxylation sites is 1. The fourth-order valence-electron chi connectivity index (χ4n) is 3.05.